The van der Waals surface area contributed by atoms with Crippen molar-refractivity contribution in [1.82, 2.24) is 10.3 Å². The molecule has 0 amide bonds. The van der Waals surface area contributed by atoms with Crippen molar-refractivity contribution < 1.29 is 4.92 Å². The molecule has 6 nitrogen and oxygen atoms in total. The molecule has 0 aliphatic carbocycles. The highest BCUT2D eigenvalue weighted by Gasteiger charge is 2.32. The summed E-state index contributed by atoms with van der Waals surface area (Å²) in [7, 11) is 0. The van der Waals surface area contributed by atoms with Gasteiger partial charge in [-0.3, -0.25) is 15.1 Å². The lowest BCUT2D eigenvalue weighted by Crippen LogP contribution is -2.50. The summed E-state index contributed by atoms with van der Waals surface area (Å²) in [5, 5.41) is 17.7. The molecule has 20 heavy (non-hydrogen) atoms. The van der Waals surface area contributed by atoms with Gasteiger partial charge in [0, 0.05) is 18.8 Å². The van der Waals surface area contributed by atoms with Gasteiger partial charge < -0.3 is 10.6 Å². The molecule has 0 radical (unpaired) electrons. The van der Waals surface area contributed by atoms with Crippen molar-refractivity contribution in [2.75, 3.05) is 18.4 Å². The predicted octanol–water partition coefficient (Wildman–Crippen LogP) is 2.94. The average Bonchev–Trinajstić information content (AvgIpc) is 2.38. The number of aromatic nitrogens is 1. The Labute approximate surface area is 126 Å². The van der Waals surface area contributed by atoms with Crippen LogP contribution in [0, 0.1) is 15.5 Å². The molecule has 0 spiro atoms. The SMILES string of the molecule is CC1(C)CCCNC1CNc1c(Br)cncc1[N+](=O)[O-]. The molecule has 110 valence electrons. The number of halogens is 1. The summed E-state index contributed by atoms with van der Waals surface area (Å²) in [5.74, 6) is 0. The zero-order chi connectivity index (χ0) is 14.8. The molecule has 2 heterocycles. The molecule has 1 unspecified atom stereocenters. The number of piperidine rings is 1. The Morgan fingerprint density at radius 3 is 3.00 bits per heavy atom. The first-order chi connectivity index (χ1) is 9.42. The maximum absolute atomic E-state index is 11.0. The van der Waals surface area contributed by atoms with E-state index < -0.39 is 4.92 Å². The lowest BCUT2D eigenvalue weighted by atomic mass is 9.77. The van der Waals surface area contributed by atoms with E-state index in [1.165, 1.54) is 12.6 Å². The Morgan fingerprint density at radius 2 is 2.35 bits per heavy atom. The van der Waals surface area contributed by atoms with Crippen molar-refractivity contribution in [2.45, 2.75) is 32.7 Å². The molecule has 1 atom stereocenters. The van der Waals surface area contributed by atoms with Crippen LogP contribution in [0.4, 0.5) is 11.4 Å². The maximum atomic E-state index is 11.0. The van der Waals surface area contributed by atoms with Crippen molar-refractivity contribution in [2.24, 2.45) is 5.41 Å². The molecule has 0 saturated carbocycles. The van der Waals surface area contributed by atoms with Gasteiger partial charge in [0.15, 0.2) is 0 Å². The van der Waals surface area contributed by atoms with E-state index in [-0.39, 0.29) is 17.1 Å². The summed E-state index contributed by atoms with van der Waals surface area (Å²) in [6, 6.07) is 0.288. The Bertz CT molecular complexity index is 507. The minimum Gasteiger partial charge on any atom is -0.377 e. The van der Waals surface area contributed by atoms with Crippen molar-refractivity contribution in [1.29, 1.82) is 0 Å². The van der Waals surface area contributed by atoms with Crippen molar-refractivity contribution in [3.05, 3.63) is 27.0 Å². The molecule has 2 rings (SSSR count). The largest absolute Gasteiger partial charge is 0.377 e. The second-order valence-corrected chi connectivity index (χ2v) is 6.61. The van der Waals surface area contributed by atoms with Gasteiger partial charge in [0.25, 0.3) is 0 Å². The number of hydrogen-bond donors (Lipinski definition) is 2. The zero-order valence-corrected chi connectivity index (χ0v) is 13.2. The van der Waals surface area contributed by atoms with E-state index in [1.54, 1.807) is 6.20 Å². The lowest BCUT2D eigenvalue weighted by Gasteiger charge is -2.39. The summed E-state index contributed by atoms with van der Waals surface area (Å²) in [5.41, 5.74) is 0.667. The smallest absolute Gasteiger partial charge is 0.311 e. The number of nitrogens with one attached hydrogen (secondary N) is 2. The van der Waals surface area contributed by atoms with Gasteiger partial charge in [-0.05, 0) is 40.7 Å². The first-order valence-electron chi connectivity index (χ1n) is 6.67. The second kappa shape index (κ2) is 6.05. The van der Waals surface area contributed by atoms with Crippen LogP contribution in [0.2, 0.25) is 0 Å². The Balaban J connectivity index is 2.13. The van der Waals surface area contributed by atoms with E-state index in [1.807, 2.05) is 0 Å². The van der Waals surface area contributed by atoms with Crippen LogP contribution < -0.4 is 10.6 Å². The molecule has 0 bridgehead atoms. The van der Waals surface area contributed by atoms with Crippen LogP contribution in [0.15, 0.2) is 16.9 Å². The number of anilines is 1. The van der Waals surface area contributed by atoms with Crippen LogP contribution in [-0.4, -0.2) is 29.0 Å². The monoisotopic (exact) mass is 342 g/mol. The van der Waals surface area contributed by atoms with Gasteiger partial charge >= 0.3 is 5.69 Å². The van der Waals surface area contributed by atoms with E-state index in [2.05, 4.69) is 45.4 Å². The van der Waals surface area contributed by atoms with Crippen LogP contribution in [0.1, 0.15) is 26.7 Å². The van der Waals surface area contributed by atoms with E-state index in [9.17, 15) is 10.1 Å². The highest BCUT2D eigenvalue weighted by atomic mass is 79.9. The summed E-state index contributed by atoms with van der Waals surface area (Å²) in [6.07, 6.45) is 5.16. The Kier molecular flexibility index (Phi) is 4.59. The molecule has 1 fully saturated rings. The number of nitrogens with zero attached hydrogens (tertiary/aromatic N) is 2. The molecule has 7 heteroatoms. The molecule has 2 N–H and O–H groups in total. The standard InChI is InChI=1S/C13H19BrN4O2/c1-13(2)4-3-5-16-11(13)8-17-12-9(14)6-15-7-10(12)18(19)20/h6-7,11,16H,3-5,8H2,1-2H3,(H,15,17). The number of pyridine rings is 1. The van der Waals surface area contributed by atoms with Gasteiger partial charge in [0.1, 0.15) is 11.9 Å². The fourth-order valence-electron chi connectivity index (χ4n) is 2.56. The van der Waals surface area contributed by atoms with Crippen LogP contribution in [-0.2, 0) is 0 Å². The normalized spacial score (nSPS) is 21.4. The second-order valence-electron chi connectivity index (χ2n) is 5.75. The van der Waals surface area contributed by atoms with Gasteiger partial charge in [-0.1, -0.05) is 13.8 Å². The summed E-state index contributed by atoms with van der Waals surface area (Å²) >= 11 is 3.32. The fourth-order valence-corrected chi connectivity index (χ4v) is 3.02. The number of hydrogen-bond acceptors (Lipinski definition) is 5. The molecule has 1 aliphatic rings. The molecular formula is C13H19BrN4O2. The zero-order valence-electron chi connectivity index (χ0n) is 11.6. The first kappa shape index (κ1) is 15.2. The Hall–Kier alpha value is -1.21. The van der Waals surface area contributed by atoms with E-state index in [0.717, 1.165) is 13.0 Å². The molecule has 1 aromatic rings. The van der Waals surface area contributed by atoms with Gasteiger partial charge in [0.05, 0.1) is 9.40 Å². The van der Waals surface area contributed by atoms with Gasteiger partial charge in [-0.15, -0.1) is 0 Å². The van der Waals surface area contributed by atoms with Crippen molar-refractivity contribution in [3.63, 3.8) is 0 Å². The van der Waals surface area contributed by atoms with E-state index >= 15 is 0 Å². The van der Waals surface area contributed by atoms with E-state index in [0.29, 0.717) is 16.7 Å². The highest BCUT2D eigenvalue weighted by molar-refractivity contribution is 9.10. The van der Waals surface area contributed by atoms with Crippen LogP contribution >= 0.6 is 15.9 Å². The van der Waals surface area contributed by atoms with Crippen LogP contribution in [0.3, 0.4) is 0 Å². The molecule has 1 saturated heterocycles. The van der Waals surface area contributed by atoms with Gasteiger partial charge in [-0.25, -0.2) is 0 Å². The molecule has 1 aliphatic heterocycles. The molecule has 0 aromatic carbocycles. The topological polar surface area (TPSA) is 80.1 Å². The summed E-state index contributed by atoms with van der Waals surface area (Å²) in [6.45, 7) is 6.09. The maximum Gasteiger partial charge on any atom is 0.311 e. The number of rotatable bonds is 4. The van der Waals surface area contributed by atoms with Crippen LogP contribution in [0.25, 0.3) is 0 Å². The van der Waals surface area contributed by atoms with Crippen LogP contribution in [0.5, 0.6) is 0 Å². The van der Waals surface area contributed by atoms with Crippen molar-refractivity contribution in [3.8, 4) is 0 Å². The molecule has 1 aromatic heterocycles. The first-order valence-corrected chi connectivity index (χ1v) is 7.46. The van der Waals surface area contributed by atoms with Crippen molar-refractivity contribution >= 4 is 27.3 Å². The third-order valence-electron chi connectivity index (χ3n) is 3.89. The molecular weight excluding hydrogens is 324 g/mol. The Morgan fingerprint density at radius 1 is 1.60 bits per heavy atom. The highest BCUT2D eigenvalue weighted by Crippen LogP contribution is 2.33. The third kappa shape index (κ3) is 3.27. The predicted molar refractivity (Wildman–Crippen MR) is 81.9 cm³/mol. The van der Waals surface area contributed by atoms with E-state index in [4.69, 9.17) is 0 Å². The average molecular weight is 343 g/mol. The number of nitro groups is 1. The lowest BCUT2D eigenvalue weighted by molar-refractivity contribution is -0.384. The summed E-state index contributed by atoms with van der Waals surface area (Å²) in [4.78, 5) is 14.5. The fraction of sp³-hybridized carbons (Fsp3) is 0.615. The quantitative estimate of drug-likeness (QED) is 0.649. The third-order valence-corrected chi connectivity index (χ3v) is 4.49. The summed E-state index contributed by atoms with van der Waals surface area (Å²) < 4.78 is 0.611. The minimum atomic E-state index is -0.417. The van der Waals surface area contributed by atoms with Gasteiger partial charge in [0.2, 0.25) is 0 Å². The minimum absolute atomic E-state index is 0.00649. The van der Waals surface area contributed by atoms with Gasteiger partial charge in [-0.2, -0.15) is 0 Å².